The summed E-state index contributed by atoms with van der Waals surface area (Å²) in [5, 5.41) is 25.0. The second kappa shape index (κ2) is 9.38. The number of nitriles is 1. The topological polar surface area (TPSA) is 93.8 Å². The Hall–Kier alpha value is -3.43. The molecule has 7 heteroatoms. The Labute approximate surface area is 179 Å². The molecule has 1 amide bonds. The highest BCUT2D eigenvalue weighted by molar-refractivity contribution is 6.30. The lowest BCUT2D eigenvalue weighted by Crippen LogP contribution is -2.28. The van der Waals surface area contributed by atoms with Crippen molar-refractivity contribution in [3.05, 3.63) is 70.3 Å². The molecule has 0 aliphatic carbocycles. The van der Waals surface area contributed by atoms with Crippen molar-refractivity contribution in [2.45, 2.75) is 26.2 Å². The largest absolute Gasteiger partial charge is 0.478 e. The van der Waals surface area contributed by atoms with E-state index in [0.717, 1.165) is 6.42 Å². The normalized spacial score (nSPS) is 16.4. The van der Waals surface area contributed by atoms with Crippen LogP contribution in [0, 0.1) is 17.2 Å². The number of nitrogens with zero attached hydrogens (tertiary/aromatic N) is 3. The highest BCUT2D eigenvalue weighted by Gasteiger charge is 2.37. The van der Waals surface area contributed by atoms with Gasteiger partial charge < -0.3 is 5.11 Å². The number of aliphatic carboxylic acids is 1. The maximum Gasteiger partial charge on any atom is 0.331 e. The molecule has 1 heterocycles. The summed E-state index contributed by atoms with van der Waals surface area (Å²) >= 11 is 5.93. The number of hydrazone groups is 1. The van der Waals surface area contributed by atoms with E-state index < -0.39 is 11.9 Å². The molecule has 3 rings (SSSR count). The molecule has 1 unspecified atom stereocenters. The van der Waals surface area contributed by atoms with Crippen molar-refractivity contribution in [3.63, 3.8) is 0 Å². The maximum absolute atomic E-state index is 13.1. The summed E-state index contributed by atoms with van der Waals surface area (Å²) in [7, 11) is 0. The molecule has 6 nitrogen and oxygen atoms in total. The second-order valence-corrected chi connectivity index (χ2v) is 7.37. The van der Waals surface area contributed by atoms with Crippen LogP contribution in [0.1, 0.15) is 37.3 Å². The van der Waals surface area contributed by atoms with Crippen molar-refractivity contribution in [1.29, 1.82) is 5.26 Å². The molecule has 0 saturated heterocycles. The van der Waals surface area contributed by atoms with Crippen molar-refractivity contribution in [2.24, 2.45) is 11.0 Å². The molecule has 1 aliphatic rings. The Balaban J connectivity index is 1.89. The Morgan fingerprint density at radius 3 is 2.47 bits per heavy atom. The Morgan fingerprint density at radius 2 is 1.90 bits per heavy atom. The third kappa shape index (κ3) is 4.76. The van der Waals surface area contributed by atoms with Gasteiger partial charge in [0.25, 0.3) is 5.91 Å². The van der Waals surface area contributed by atoms with E-state index in [0.29, 0.717) is 34.0 Å². The van der Waals surface area contributed by atoms with Gasteiger partial charge in [-0.25, -0.2) is 9.80 Å². The van der Waals surface area contributed by atoms with Crippen molar-refractivity contribution in [2.75, 3.05) is 5.01 Å². The van der Waals surface area contributed by atoms with Gasteiger partial charge in [0.1, 0.15) is 0 Å². The van der Waals surface area contributed by atoms with Crippen LogP contribution in [0.5, 0.6) is 0 Å². The first-order valence-corrected chi connectivity index (χ1v) is 9.91. The number of hydrogen-bond donors (Lipinski definition) is 1. The van der Waals surface area contributed by atoms with Gasteiger partial charge in [-0.2, -0.15) is 10.4 Å². The molecule has 2 aromatic carbocycles. The molecule has 1 atom stereocenters. The summed E-state index contributed by atoms with van der Waals surface area (Å²) in [5.41, 5.74) is 2.52. The monoisotopic (exact) mass is 421 g/mol. The van der Waals surface area contributed by atoms with Crippen LogP contribution in [0.2, 0.25) is 5.02 Å². The van der Waals surface area contributed by atoms with Gasteiger partial charge in [0.2, 0.25) is 0 Å². The number of rotatable bonds is 7. The van der Waals surface area contributed by atoms with Crippen LogP contribution in [0.3, 0.4) is 0 Å². The minimum atomic E-state index is -1.09. The van der Waals surface area contributed by atoms with E-state index in [4.69, 9.17) is 16.9 Å². The van der Waals surface area contributed by atoms with Gasteiger partial charge in [0.15, 0.2) is 0 Å². The van der Waals surface area contributed by atoms with Crippen LogP contribution in [0.15, 0.2) is 59.2 Å². The Kier molecular flexibility index (Phi) is 6.65. The van der Waals surface area contributed by atoms with E-state index in [1.165, 1.54) is 11.1 Å². The molecule has 1 aliphatic heterocycles. The summed E-state index contributed by atoms with van der Waals surface area (Å²) in [5.74, 6) is -1.98. The van der Waals surface area contributed by atoms with Crippen molar-refractivity contribution < 1.29 is 14.7 Å². The molecule has 0 radical (unpaired) electrons. The average Bonchev–Trinajstić information content (AvgIpc) is 3.04. The van der Waals surface area contributed by atoms with Crippen LogP contribution < -0.4 is 5.01 Å². The maximum atomic E-state index is 13.1. The van der Waals surface area contributed by atoms with E-state index in [9.17, 15) is 14.7 Å². The lowest BCUT2D eigenvalue weighted by atomic mass is 9.91. The van der Waals surface area contributed by atoms with Crippen LogP contribution in [0.25, 0.3) is 6.08 Å². The zero-order valence-electron chi connectivity index (χ0n) is 16.4. The number of carboxylic acid groups (broad SMARTS) is 1. The first-order chi connectivity index (χ1) is 14.4. The summed E-state index contributed by atoms with van der Waals surface area (Å²) in [6.07, 6.45) is 2.96. The van der Waals surface area contributed by atoms with Crippen LogP contribution in [-0.4, -0.2) is 22.7 Å². The van der Waals surface area contributed by atoms with E-state index in [2.05, 4.69) is 5.10 Å². The zero-order valence-corrected chi connectivity index (χ0v) is 17.1. The molecule has 2 aromatic rings. The summed E-state index contributed by atoms with van der Waals surface area (Å²) in [6.45, 7) is 1.99. The lowest BCUT2D eigenvalue weighted by Gasteiger charge is -2.15. The number of benzene rings is 2. The number of hydrogen-bond acceptors (Lipinski definition) is 4. The SMILES string of the molecule is CCCC1=NN(c2ccc(Cl)cc2)C(=O)C1CC(=Cc1ccc(C#N)cc1)C(=O)O. The van der Waals surface area contributed by atoms with Gasteiger partial charge in [-0.15, -0.1) is 0 Å². The van der Waals surface area contributed by atoms with Crippen LogP contribution in [-0.2, 0) is 9.59 Å². The molecule has 0 saturated carbocycles. The minimum Gasteiger partial charge on any atom is -0.478 e. The minimum absolute atomic E-state index is 0.0388. The molecular weight excluding hydrogens is 402 g/mol. The first kappa shape index (κ1) is 21.3. The molecule has 1 N–H and O–H groups in total. The summed E-state index contributed by atoms with van der Waals surface area (Å²) in [6, 6.07) is 15.4. The number of carboxylic acids is 1. The Morgan fingerprint density at radius 1 is 1.23 bits per heavy atom. The van der Waals surface area contributed by atoms with E-state index in [-0.39, 0.29) is 17.9 Å². The van der Waals surface area contributed by atoms with Gasteiger partial charge in [-0.05, 0) is 60.9 Å². The van der Waals surface area contributed by atoms with E-state index in [1.807, 2.05) is 13.0 Å². The van der Waals surface area contributed by atoms with Gasteiger partial charge in [0.05, 0.1) is 28.9 Å². The van der Waals surface area contributed by atoms with Gasteiger partial charge in [-0.1, -0.05) is 37.1 Å². The van der Waals surface area contributed by atoms with Gasteiger partial charge in [0, 0.05) is 10.6 Å². The predicted molar refractivity (Wildman–Crippen MR) is 116 cm³/mol. The van der Waals surface area contributed by atoms with E-state index >= 15 is 0 Å². The number of amides is 1. The lowest BCUT2D eigenvalue weighted by molar-refractivity contribution is -0.132. The number of halogens is 1. The van der Waals surface area contributed by atoms with Gasteiger partial charge >= 0.3 is 5.97 Å². The molecule has 152 valence electrons. The fourth-order valence-corrected chi connectivity index (χ4v) is 3.40. The van der Waals surface area contributed by atoms with Crippen molar-refractivity contribution >= 4 is 41.0 Å². The number of anilines is 1. The van der Waals surface area contributed by atoms with Crippen molar-refractivity contribution in [3.8, 4) is 6.07 Å². The third-order valence-electron chi connectivity index (χ3n) is 4.79. The van der Waals surface area contributed by atoms with Gasteiger partial charge in [-0.3, -0.25) is 4.79 Å². The second-order valence-electron chi connectivity index (χ2n) is 6.93. The molecule has 0 aromatic heterocycles. The predicted octanol–water partition coefficient (Wildman–Crippen LogP) is 4.89. The highest BCUT2D eigenvalue weighted by atomic mass is 35.5. The molecule has 0 fully saturated rings. The molecule has 0 spiro atoms. The standard InChI is InChI=1S/C23H20ClN3O3/c1-2-3-21-20(22(28)27(26-21)19-10-8-18(24)9-11-19)13-17(23(29)30)12-15-4-6-16(14-25)7-5-15/h4-12,20H,2-3,13H2,1H3,(H,29,30). The number of carbonyl (C=O) groups excluding carboxylic acids is 1. The zero-order chi connectivity index (χ0) is 21.7. The highest BCUT2D eigenvalue weighted by Crippen LogP contribution is 2.30. The van der Waals surface area contributed by atoms with Crippen LogP contribution in [0.4, 0.5) is 5.69 Å². The summed E-state index contributed by atoms with van der Waals surface area (Å²) in [4.78, 5) is 25.0. The number of carbonyl (C=O) groups is 2. The fourth-order valence-electron chi connectivity index (χ4n) is 3.27. The molecule has 30 heavy (non-hydrogen) atoms. The van der Waals surface area contributed by atoms with Crippen LogP contribution >= 0.6 is 11.6 Å². The third-order valence-corrected chi connectivity index (χ3v) is 5.05. The van der Waals surface area contributed by atoms with E-state index in [1.54, 1.807) is 48.5 Å². The molecule has 0 bridgehead atoms. The Bertz CT molecular complexity index is 1050. The van der Waals surface area contributed by atoms with Crippen molar-refractivity contribution in [1.82, 2.24) is 0 Å². The molecular formula is C23H20ClN3O3. The quantitative estimate of drug-likeness (QED) is 0.644. The summed E-state index contributed by atoms with van der Waals surface area (Å²) < 4.78 is 0. The first-order valence-electron chi connectivity index (χ1n) is 9.54. The smallest absolute Gasteiger partial charge is 0.331 e. The fraction of sp³-hybridized carbons (Fsp3) is 0.217. The average molecular weight is 422 g/mol.